The maximum Gasteiger partial charge on any atom is 0.133 e. The quantitative estimate of drug-likeness (QED) is 0.409. The highest BCUT2D eigenvalue weighted by Crippen LogP contribution is 2.21. The van der Waals surface area contributed by atoms with Crippen LogP contribution in [-0.2, 0) is 4.84 Å². The normalized spacial score (nSPS) is 12.8. The number of hydrogen-bond acceptors (Lipinski definition) is 3. The van der Waals surface area contributed by atoms with E-state index in [1.54, 1.807) is 0 Å². The van der Waals surface area contributed by atoms with E-state index in [1.807, 2.05) is 6.92 Å². The van der Waals surface area contributed by atoms with E-state index in [9.17, 15) is 0 Å². The second-order valence-electron chi connectivity index (χ2n) is 4.98. The van der Waals surface area contributed by atoms with Gasteiger partial charge in [-0.25, -0.2) is 4.99 Å². The molecule has 2 N–H and O–H groups in total. The number of nitrogens with one attached hydrogen (secondary N) is 2. The SMILES string of the molecule is C=C(/N=C(/NOCC)C(C)(C)CC)NC(C)C. The molecule has 0 unspecified atom stereocenters. The van der Waals surface area contributed by atoms with Gasteiger partial charge < -0.3 is 5.32 Å². The molecular formula is C13H27N3O. The Morgan fingerprint density at radius 2 is 1.94 bits per heavy atom. The van der Waals surface area contributed by atoms with E-state index >= 15 is 0 Å². The third-order valence-electron chi connectivity index (χ3n) is 2.54. The first-order valence-corrected chi connectivity index (χ1v) is 6.25. The molecule has 0 radical (unpaired) electrons. The Morgan fingerprint density at radius 1 is 1.35 bits per heavy atom. The van der Waals surface area contributed by atoms with Gasteiger partial charge in [0.05, 0.1) is 6.61 Å². The second-order valence-corrected chi connectivity index (χ2v) is 4.98. The highest BCUT2D eigenvalue weighted by Gasteiger charge is 2.23. The first-order valence-electron chi connectivity index (χ1n) is 6.25. The van der Waals surface area contributed by atoms with E-state index in [0.717, 1.165) is 12.3 Å². The summed E-state index contributed by atoms with van der Waals surface area (Å²) in [5, 5.41) is 3.17. The number of amidine groups is 1. The van der Waals surface area contributed by atoms with Crippen LogP contribution in [0.1, 0.15) is 48.0 Å². The molecular weight excluding hydrogens is 214 g/mol. The van der Waals surface area contributed by atoms with Gasteiger partial charge in [0.25, 0.3) is 0 Å². The highest BCUT2D eigenvalue weighted by molar-refractivity contribution is 5.87. The average molecular weight is 241 g/mol. The number of aliphatic imine (C=N–C) groups is 1. The number of hydroxylamine groups is 1. The van der Waals surface area contributed by atoms with E-state index in [0.29, 0.717) is 18.5 Å². The third kappa shape index (κ3) is 6.31. The smallest absolute Gasteiger partial charge is 0.133 e. The topological polar surface area (TPSA) is 45.7 Å². The molecule has 0 aromatic heterocycles. The fourth-order valence-electron chi connectivity index (χ4n) is 1.12. The molecule has 0 aliphatic carbocycles. The van der Waals surface area contributed by atoms with Crippen molar-refractivity contribution >= 4 is 5.84 Å². The Labute approximate surface area is 105 Å². The van der Waals surface area contributed by atoms with Crippen molar-refractivity contribution in [2.24, 2.45) is 10.4 Å². The predicted molar refractivity (Wildman–Crippen MR) is 73.7 cm³/mol. The van der Waals surface area contributed by atoms with Gasteiger partial charge in [-0.2, -0.15) is 0 Å². The van der Waals surface area contributed by atoms with E-state index < -0.39 is 0 Å². The van der Waals surface area contributed by atoms with E-state index in [-0.39, 0.29) is 5.41 Å². The van der Waals surface area contributed by atoms with Crippen LogP contribution in [0.25, 0.3) is 0 Å². The fraction of sp³-hybridized carbons (Fsp3) is 0.769. The molecule has 0 amide bonds. The van der Waals surface area contributed by atoms with Crippen molar-refractivity contribution in [1.29, 1.82) is 0 Å². The summed E-state index contributed by atoms with van der Waals surface area (Å²) in [4.78, 5) is 9.71. The van der Waals surface area contributed by atoms with Crippen LogP contribution in [-0.4, -0.2) is 18.5 Å². The van der Waals surface area contributed by atoms with Gasteiger partial charge in [0.15, 0.2) is 0 Å². The molecule has 0 aromatic rings. The van der Waals surface area contributed by atoms with Crippen molar-refractivity contribution in [2.75, 3.05) is 6.61 Å². The second kappa shape index (κ2) is 7.33. The standard InChI is InChI=1S/C13H27N3O/c1-8-13(6,7)12(16-17-9-2)15-11(5)14-10(3)4/h10,14H,5,8-9H2,1-4,6-7H3,(H,15,16). The molecule has 100 valence electrons. The van der Waals surface area contributed by atoms with Crippen molar-refractivity contribution in [3.63, 3.8) is 0 Å². The molecule has 17 heavy (non-hydrogen) atoms. The average Bonchev–Trinajstić information content (AvgIpc) is 2.22. The van der Waals surface area contributed by atoms with Gasteiger partial charge >= 0.3 is 0 Å². The Morgan fingerprint density at radius 3 is 2.35 bits per heavy atom. The molecule has 4 nitrogen and oxygen atoms in total. The van der Waals surface area contributed by atoms with Gasteiger partial charge in [0.2, 0.25) is 0 Å². The van der Waals surface area contributed by atoms with Crippen LogP contribution < -0.4 is 10.8 Å². The van der Waals surface area contributed by atoms with Gasteiger partial charge in [-0.3, -0.25) is 10.3 Å². The first-order chi connectivity index (χ1) is 7.83. The molecule has 0 saturated heterocycles. The molecule has 0 fully saturated rings. The van der Waals surface area contributed by atoms with Gasteiger partial charge in [0, 0.05) is 11.5 Å². The van der Waals surface area contributed by atoms with E-state index in [2.05, 4.69) is 57.0 Å². The lowest BCUT2D eigenvalue weighted by molar-refractivity contribution is 0.0894. The lowest BCUT2D eigenvalue weighted by Gasteiger charge is -2.26. The zero-order valence-electron chi connectivity index (χ0n) is 12.1. The summed E-state index contributed by atoms with van der Waals surface area (Å²) in [6.07, 6.45) is 0.973. The molecule has 0 saturated carbocycles. The summed E-state index contributed by atoms with van der Waals surface area (Å²) in [6, 6.07) is 0.323. The van der Waals surface area contributed by atoms with Crippen LogP contribution in [0.4, 0.5) is 0 Å². The van der Waals surface area contributed by atoms with Crippen molar-refractivity contribution < 1.29 is 4.84 Å². The zero-order valence-corrected chi connectivity index (χ0v) is 12.1. The van der Waals surface area contributed by atoms with Gasteiger partial charge in [0.1, 0.15) is 11.7 Å². The van der Waals surface area contributed by atoms with Crippen LogP contribution in [0.3, 0.4) is 0 Å². The van der Waals surface area contributed by atoms with Crippen molar-refractivity contribution in [3.8, 4) is 0 Å². The molecule has 4 heteroatoms. The molecule has 0 atom stereocenters. The van der Waals surface area contributed by atoms with E-state index in [1.165, 1.54) is 0 Å². The van der Waals surface area contributed by atoms with Gasteiger partial charge in [-0.15, -0.1) is 0 Å². The summed E-state index contributed by atoms with van der Waals surface area (Å²) >= 11 is 0. The number of nitrogens with zero attached hydrogens (tertiary/aromatic N) is 1. The zero-order chi connectivity index (χ0) is 13.5. The van der Waals surface area contributed by atoms with Crippen molar-refractivity contribution in [3.05, 3.63) is 12.4 Å². The van der Waals surface area contributed by atoms with Crippen LogP contribution in [0.15, 0.2) is 17.4 Å². The summed E-state index contributed by atoms with van der Waals surface area (Å²) in [6.45, 7) is 16.9. The van der Waals surface area contributed by atoms with Crippen LogP contribution >= 0.6 is 0 Å². The summed E-state index contributed by atoms with van der Waals surface area (Å²) in [5.74, 6) is 1.46. The minimum atomic E-state index is -0.0588. The molecule has 0 spiro atoms. The molecule has 0 aliphatic heterocycles. The lowest BCUT2D eigenvalue weighted by atomic mass is 9.89. The maximum absolute atomic E-state index is 5.24. The Hall–Kier alpha value is -1.03. The first kappa shape index (κ1) is 16.0. The largest absolute Gasteiger partial charge is 0.368 e. The summed E-state index contributed by atoms with van der Waals surface area (Å²) in [7, 11) is 0. The third-order valence-corrected chi connectivity index (χ3v) is 2.54. The Balaban J connectivity index is 4.78. The molecule has 0 aromatic carbocycles. The van der Waals surface area contributed by atoms with Crippen LogP contribution in [0.5, 0.6) is 0 Å². The highest BCUT2D eigenvalue weighted by atomic mass is 16.6. The molecule has 0 bridgehead atoms. The molecule has 0 rings (SSSR count). The molecule has 0 aliphatic rings. The summed E-state index contributed by atoms with van der Waals surface area (Å²) < 4.78 is 0. The van der Waals surface area contributed by atoms with Gasteiger partial charge in [-0.1, -0.05) is 27.4 Å². The van der Waals surface area contributed by atoms with Crippen LogP contribution in [0, 0.1) is 5.41 Å². The van der Waals surface area contributed by atoms with Crippen molar-refractivity contribution in [2.45, 2.75) is 54.0 Å². The number of rotatable bonds is 7. The minimum Gasteiger partial charge on any atom is -0.368 e. The van der Waals surface area contributed by atoms with Crippen LogP contribution in [0.2, 0.25) is 0 Å². The predicted octanol–water partition coefficient (Wildman–Crippen LogP) is 2.83. The Kier molecular flexibility index (Phi) is 6.88. The molecule has 0 heterocycles. The lowest BCUT2D eigenvalue weighted by Crippen LogP contribution is -2.37. The summed E-state index contributed by atoms with van der Waals surface area (Å²) in [5.41, 5.74) is 2.86. The fourth-order valence-corrected chi connectivity index (χ4v) is 1.12. The Bertz CT molecular complexity index is 270. The monoisotopic (exact) mass is 241 g/mol. The maximum atomic E-state index is 5.24. The van der Waals surface area contributed by atoms with Crippen molar-refractivity contribution in [1.82, 2.24) is 10.8 Å². The minimum absolute atomic E-state index is 0.0588. The van der Waals surface area contributed by atoms with E-state index in [4.69, 9.17) is 4.84 Å². The van der Waals surface area contributed by atoms with Gasteiger partial charge in [-0.05, 0) is 27.2 Å². The number of hydrogen-bond donors (Lipinski definition) is 2.